The zero-order valence-corrected chi connectivity index (χ0v) is 25.6. The zero-order chi connectivity index (χ0) is 30.9. The third kappa shape index (κ3) is 3.89. The molecule has 0 aliphatic heterocycles. The molecule has 0 atom stereocenters. The standard InChI is InChI=1S/C45H28N2/c1-2-12-29(13-3-1)30-22-24-31(25-23-30)43-35-16-5-7-18-37(35)44(38-19-8-6-17-36(38)43)32-26-27-42-40(28-32)46-45-39-20-9-4-14-33(39)34-15-10-11-21-41(34)47(42)45/h1-28H. The van der Waals surface area contributed by atoms with E-state index in [1.165, 1.54) is 76.6 Å². The summed E-state index contributed by atoms with van der Waals surface area (Å²) >= 11 is 0. The molecule has 47 heavy (non-hydrogen) atoms. The lowest BCUT2D eigenvalue weighted by Gasteiger charge is -2.18. The predicted octanol–water partition coefficient (Wildman–Crippen LogP) is 12.1. The number of hydrogen-bond donors (Lipinski definition) is 0. The van der Waals surface area contributed by atoms with Crippen LogP contribution >= 0.6 is 0 Å². The molecule has 10 aromatic rings. The van der Waals surface area contributed by atoms with E-state index in [0.717, 1.165) is 16.7 Å². The van der Waals surface area contributed by atoms with E-state index in [1.54, 1.807) is 0 Å². The number of pyridine rings is 1. The summed E-state index contributed by atoms with van der Waals surface area (Å²) < 4.78 is 2.33. The molecule has 2 nitrogen and oxygen atoms in total. The maximum Gasteiger partial charge on any atom is 0.146 e. The van der Waals surface area contributed by atoms with Gasteiger partial charge in [0, 0.05) is 10.8 Å². The van der Waals surface area contributed by atoms with Gasteiger partial charge < -0.3 is 0 Å². The summed E-state index contributed by atoms with van der Waals surface area (Å²) in [5, 5.41) is 8.63. The van der Waals surface area contributed by atoms with Gasteiger partial charge in [-0.05, 0) is 78.5 Å². The van der Waals surface area contributed by atoms with Crippen LogP contribution in [0.3, 0.4) is 0 Å². The maximum absolute atomic E-state index is 5.30. The van der Waals surface area contributed by atoms with Gasteiger partial charge in [-0.1, -0.05) is 152 Å². The lowest BCUT2D eigenvalue weighted by Crippen LogP contribution is -1.92. The fraction of sp³-hybridized carbons (Fsp3) is 0. The van der Waals surface area contributed by atoms with Crippen molar-refractivity contribution in [3.8, 4) is 33.4 Å². The monoisotopic (exact) mass is 596 g/mol. The lowest BCUT2D eigenvalue weighted by molar-refractivity contribution is 1.31. The molecule has 0 aliphatic carbocycles. The molecule has 0 aliphatic rings. The van der Waals surface area contributed by atoms with Crippen molar-refractivity contribution in [1.29, 1.82) is 0 Å². The maximum atomic E-state index is 5.30. The first-order chi connectivity index (χ1) is 23.3. The Morgan fingerprint density at radius 2 is 0.787 bits per heavy atom. The fourth-order valence-corrected chi connectivity index (χ4v) is 7.68. The molecule has 0 N–H and O–H groups in total. The second-order valence-electron chi connectivity index (χ2n) is 12.3. The van der Waals surface area contributed by atoms with E-state index in [2.05, 4.69) is 174 Å². The van der Waals surface area contributed by atoms with E-state index >= 15 is 0 Å². The van der Waals surface area contributed by atoms with Crippen LogP contribution in [0, 0.1) is 0 Å². The fourth-order valence-electron chi connectivity index (χ4n) is 7.68. The molecule has 0 fully saturated rings. The Morgan fingerprint density at radius 3 is 1.45 bits per heavy atom. The van der Waals surface area contributed by atoms with Crippen LogP contribution in [0.4, 0.5) is 0 Å². The summed E-state index contributed by atoms with van der Waals surface area (Å²) in [6.45, 7) is 0. The summed E-state index contributed by atoms with van der Waals surface area (Å²) in [7, 11) is 0. The summed E-state index contributed by atoms with van der Waals surface area (Å²) in [4.78, 5) is 5.30. The van der Waals surface area contributed by atoms with E-state index in [-0.39, 0.29) is 0 Å². The van der Waals surface area contributed by atoms with Crippen LogP contribution in [-0.2, 0) is 0 Å². The highest BCUT2D eigenvalue weighted by molar-refractivity contribution is 6.22. The van der Waals surface area contributed by atoms with Crippen molar-refractivity contribution in [3.63, 3.8) is 0 Å². The van der Waals surface area contributed by atoms with Gasteiger partial charge in [0.2, 0.25) is 0 Å². The second-order valence-corrected chi connectivity index (χ2v) is 12.3. The molecular formula is C45H28N2. The molecule has 10 rings (SSSR count). The van der Waals surface area contributed by atoms with Crippen molar-refractivity contribution in [3.05, 3.63) is 170 Å². The van der Waals surface area contributed by atoms with Gasteiger partial charge in [0.25, 0.3) is 0 Å². The minimum atomic E-state index is 0.996. The van der Waals surface area contributed by atoms with Crippen LogP contribution < -0.4 is 0 Å². The summed E-state index contributed by atoms with van der Waals surface area (Å²) in [6.07, 6.45) is 0. The molecule has 2 heterocycles. The van der Waals surface area contributed by atoms with Gasteiger partial charge in [0.15, 0.2) is 0 Å². The van der Waals surface area contributed by atoms with Crippen molar-refractivity contribution < 1.29 is 0 Å². The first-order valence-corrected chi connectivity index (χ1v) is 16.1. The topological polar surface area (TPSA) is 17.3 Å². The Kier molecular flexibility index (Phi) is 5.61. The van der Waals surface area contributed by atoms with Gasteiger partial charge in [-0.15, -0.1) is 0 Å². The van der Waals surface area contributed by atoms with Crippen LogP contribution in [-0.4, -0.2) is 9.38 Å². The Bertz CT molecular complexity index is 2770. The van der Waals surface area contributed by atoms with E-state index in [1.807, 2.05) is 0 Å². The highest BCUT2D eigenvalue weighted by Crippen LogP contribution is 2.44. The molecule has 0 amide bonds. The third-order valence-electron chi connectivity index (χ3n) is 9.76. The predicted molar refractivity (Wildman–Crippen MR) is 199 cm³/mol. The molecule has 0 saturated carbocycles. The Balaban J connectivity index is 1.23. The molecule has 218 valence electrons. The molecular weight excluding hydrogens is 569 g/mol. The Labute approximate surface area is 271 Å². The van der Waals surface area contributed by atoms with Gasteiger partial charge in [0.05, 0.1) is 16.6 Å². The molecule has 0 unspecified atom stereocenters. The van der Waals surface area contributed by atoms with Gasteiger partial charge in [0.1, 0.15) is 5.65 Å². The van der Waals surface area contributed by atoms with E-state index in [4.69, 9.17) is 4.98 Å². The number of fused-ring (bicyclic) bond motifs is 10. The number of hydrogen-bond acceptors (Lipinski definition) is 1. The zero-order valence-electron chi connectivity index (χ0n) is 25.6. The normalized spacial score (nSPS) is 11.8. The number of aromatic nitrogens is 2. The molecule has 0 bridgehead atoms. The molecule has 2 aromatic heterocycles. The second kappa shape index (κ2) is 10.1. The SMILES string of the molecule is c1ccc(-c2ccc(-c3c4ccccc4c(-c4ccc5c(c4)nc4c6ccccc6c6ccccc6n54)c4ccccc34)cc2)cc1. The van der Waals surface area contributed by atoms with Crippen LogP contribution in [0.5, 0.6) is 0 Å². The summed E-state index contributed by atoms with van der Waals surface area (Å²) in [6, 6.07) is 61.4. The molecule has 0 saturated heterocycles. The number of rotatable bonds is 3. The molecule has 0 spiro atoms. The lowest BCUT2D eigenvalue weighted by atomic mass is 9.85. The molecule has 0 radical (unpaired) electrons. The number of imidazole rings is 1. The van der Waals surface area contributed by atoms with Crippen LogP contribution in [0.25, 0.3) is 93.3 Å². The number of nitrogens with zero attached hydrogens (tertiary/aromatic N) is 2. The van der Waals surface area contributed by atoms with Crippen molar-refractivity contribution in [2.45, 2.75) is 0 Å². The van der Waals surface area contributed by atoms with Crippen molar-refractivity contribution in [2.75, 3.05) is 0 Å². The average Bonchev–Trinajstić information content (AvgIpc) is 3.54. The summed E-state index contributed by atoms with van der Waals surface area (Å²) in [5.74, 6) is 0. The van der Waals surface area contributed by atoms with Crippen molar-refractivity contribution in [2.24, 2.45) is 0 Å². The highest BCUT2D eigenvalue weighted by atomic mass is 15.0. The Morgan fingerprint density at radius 1 is 0.319 bits per heavy atom. The number of benzene rings is 8. The largest absolute Gasteiger partial charge is 0.292 e. The van der Waals surface area contributed by atoms with Crippen molar-refractivity contribution >= 4 is 59.9 Å². The van der Waals surface area contributed by atoms with E-state index in [0.29, 0.717) is 0 Å². The van der Waals surface area contributed by atoms with E-state index < -0.39 is 0 Å². The van der Waals surface area contributed by atoms with Gasteiger partial charge >= 0.3 is 0 Å². The van der Waals surface area contributed by atoms with Crippen LogP contribution in [0.1, 0.15) is 0 Å². The minimum absolute atomic E-state index is 0.996. The molecule has 2 heteroatoms. The van der Waals surface area contributed by atoms with Crippen molar-refractivity contribution in [1.82, 2.24) is 9.38 Å². The third-order valence-corrected chi connectivity index (χ3v) is 9.76. The highest BCUT2D eigenvalue weighted by Gasteiger charge is 2.19. The summed E-state index contributed by atoms with van der Waals surface area (Å²) in [5.41, 5.74) is 11.7. The van der Waals surface area contributed by atoms with Crippen LogP contribution in [0.15, 0.2) is 170 Å². The van der Waals surface area contributed by atoms with E-state index in [9.17, 15) is 0 Å². The Hall–Kier alpha value is -6.25. The average molecular weight is 597 g/mol. The van der Waals surface area contributed by atoms with Gasteiger partial charge in [-0.3, -0.25) is 4.40 Å². The molecule has 8 aromatic carbocycles. The number of para-hydroxylation sites is 1. The van der Waals surface area contributed by atoms with Gasteiger partial charge in [-0.2, -0.15) is 0 Å². The minimum Gasteiger partial charge on any atom is -0.292 e. The van der Waals surface area contributed by atoms with Gasteiger partial charge in [-0.25, -0.2) is 4.98 Å². The van der Waals surface area contributed by atoms with Crippen LogP contribution in [0.2, 0.25) is 0 Å². The first kappa shape index (κ1) is 26.0. The smallest absolute Gasteiger partial charge is 0.146 e. The first-order valence-electron chi connectivity index (χ1n) is 16.1. The quantitative estimate of drug-likeness (QED) is 0.146.